The van der Waals surface area contributed by atoms with Crippen LogP contribution in [0, 0.1) is 11.3 Å². The zero-order valence-corrected chi connectivity index (χ0v) is 21.8. The van der Waals surface area contributed by atoms with Crippen LogP contribution in [-0.2, 0) is 31.4 Å². The van der Waals surface area contributed by atoms with Gasteiger partial charge in [0, 0.05) is 45.7 Å². The molecular weight excluding hydrogens is 438 g/mol. The van der Waals surface area contributed by atoms with Gasteiger partial charge in [-0.25, -0.2) is 9.67 Å². The van der Waals surface area contributed by atoms with Crippen molar-refractivity contribution in [1.82, 2.24) is 19.3 Å². The van der Waals surface area contributed by atoms with E-state index < -0.39 is 8.07 Å². The summed E-state index contributed by atoms with van der Waals surface area (Å²) in [4.78, 5) is 4.99. The minimum atomic E-state index is -1.11. The largest absolute Gasteiger partial charge is 0.388 e. The molecule has 1 aromatic carbocycles. The average Bonchev–Trinajstić information content (AvgIpc) is 3.10. The Labute approximate surface area is 196 Å². The van der Waals surface area contributed by atoms with Gasteiger partial charge < -0.3 is 14.6 Å². The lowest BCUT2D eigenvalue weighted by atomic mass is 9.87. The van der Waals surface area contributed by atoms with Gasteiger partial charge in [0.1, 0.15) is 12.4 Å². The standard InChI is InChI=1S/C24H34ClN5OSi/c1-24-12-15(24)9-17-20(13-24)30(14-31-7-8-32(4,5)6)28-21(17)23-27-19-11-16(26-2)10-18(25)22(19)29(23)3/h10-11,15,26H,7-9,12-14H2,1-6H3/t15-,24-/m1/s1. The van der Waals surface area contributed by atoms with E-state index in [-0.39, 0.29) is 0 Å². The molecule has 1 N–H and O–H groups in total. The lowest BCUT2D eigenvalue weighted by Gasteiger charge is -2.20. The van der Waals surface area contributed by atoms with Crippen LogP contribution in [0.1, 0.15) is 24.6 Å². The van der Waals surface area contributed by atoms with Crippen LogP contribution < -0.4 is 5.32 Å². The highest BCUT2D eigenvalue weighted by Crippen LogP contribution is 2.60. The quantitative estimate of drug-likeness (QED) is 0.361. The van der Waals surface area contributed by atoms with E-state index in [1.165, 1.54) is 23.7 Å². The molecule has 8 heteroatoms. The highest BCUT2D eigenvalue weighted by molar-refractivity contribution is 6.76. The molecule has 3 aromatic rings. The van der Waals surface area contributed by atoms with Crippen LogP contribution >= 0.6 is 11.6 Å². The molecular formula is C24H34ClN5OSi. The van der Waals surface area contributed by atoms with Crippen molar-refractivity contribution in [1.29, 1.82) is 0 Å². The molecule has 2 atom stereocenters. The molecule has 0 amide bonds. The van der Waals surface area contributed by atoms with Crippen LogP contribution in [0.5, 0.6) is 0 Å². The number of benzene rings is 1. The van der Waals surface area contributed by atoms with Gasteiger partial charge in [-0.15, -0.1) is 0 Å². The molecule has 2 aliphatic rings. The maximum Gasteiger partial charge on any atom is 0.161 e. The summed E-state index contributed by atoms with van der Waals surface area (Å²) < 4.78 is 10.3. The third kappa shape index (κ3) is 3.78. The number of hydrogen-bond acceptors (Lipinski definition) is 4. The third-order valence-corrected chi connectivity index (χ3v) is 9.35. The van der Waals surface area contributed by atoms with E-state index in [0.29, 0.717) is 17.2 Å². The molecule has 5 rings (SSSR count). The average molecular weight is 472 g/mol. The molecule has 0 unspecified atom stereocenters. The summed E-state index contributed by atoms with van der Waals surface area (Å²) in [5.74, 6) is 1.64. The third-order valence-electron chi connectivity index (χ3n) is 7.36. The van der Waals surface area contributed by atoms with E-state index in [1.54, 1.807) is 0 Å². The van der Waals surface area contributed by atoms with Crippen molar-refractivity contribution in [3.05, 3.63) is 28.4 Å². The molecule has 32 heavy (non-hydrogen) atoms. The second-order valence-corrected chi connectivity index (χ2v) is 17.2. The Bertz CT molecular complexity index is 1190. The first-order valence-corrected chi connectivity index (χ1v) is 15.7. The SMILES string of the molecule is CNc1cc(Cl)c2c(c1)nc(-c1nn(COCC[Si](C)(C)C)c3c1C[C@@H]1C[C@]1(C)C3)n2C. The molecule has 172 valence electrons. The van der Waals surface area contributed by atoms with Crippen molar-refractivity contribution in [2.75, 3.05) is 19.0 Å². The highest BCUT2D eigenvalue weighted by Gasteiger charge is 2.54. The number of nitrogens with zero attached hydrogens (tertiary/aromatic N) is 4. The molecule has 2 aromatic heterocycles. The van der Waals surface area contributed by atoms with Gasteiger partial charge in [-0.3, -0.25) is 0 Å². The highest BCUT2D eigenvalue weighted by atomic mass is 35.5. The Morgan fingerprint density at radius 1 is 1.31 bits per heavy atom. The van der Waals surface area contributed by atoms with Crippen molar-refractivity contribution < 1.29 is 4.74 Å². The Balaban J connectivity index is 1.53. The van der Waals surface area contributed by atoms with E-state index in [0.717, 1.165) is 53.6 Å². The van der Waals surface area contributed by atoms with E-state index in [9.17, 15) is 0 Å². The van der Waals surface area contributed by atoms with Crippen molar-refractivity contribution in [2.45, 2.75) is 58.6 Å². The van der Waals surface area contributed by atoms with Crippen LogP contribution in [0.15, 0.2) is 12.1 Å². The Kier molecular flexibility index (Phi) is 5.22. The zero-order chi connectivity index (χ0) is 22.8. The molecule has 0 saturated heterocycles. The van der Waals surface area contributed by atoms with E-state index in [4.69, 9.17) is 26.4 Å². The number of ether oxygens (including phenoxy) is 1. The van der Waals surface area contributed by atoms with Gasteiger partial charge in [-0.2, -0.15) is 5.10 Å². The van der Waals surface area contributed by atoms with Crippen molar-refractivity contribution in [3.8, 4) is 11.5 Å². The van der Waals surface area contributed by atoms with Crippen molar-refractivity contribution in [3.63, 3.8) is 0 Å². The number of imidazole rings is 1. The molecule has 0 radical (unpaired) electrons. The zero-order valence-electron chi connectivity index (χ0n) is 20.0. The van der Waals surface area contributed by atoms with Crippen molar-refractivity contribution in [2.24, 2.45) is 18.4 Å². The van der Waals surface area contributed by atoms with Gasteiger partial charge in [-0.1, -0.05) is 38.2 Å². The van der Waals surface area contributed by atoms with E-state index in [1.807, 2.05) is 26.2 Å². The molecule has 1 saturated carbocycles. The van der Waals surface area contributed by atoms with Gasteiger partial charge in [0.05, 0.1) is 16.1 Å². The van der Waals surface area contributed by atoms with E-state index in [2.05, 4.69) is 41.1 Å². The lowest BCUT2D eigenvalue weighted by molar-refractivity contribution is 0.0757. The molecule has 6 nitrogen and oxygen atoms in total. The summed E-state index contributed by atoms with van der Waals surface area (Å²) in [6, 6.07) is 5.16. The predicted octanol–water partition coefficient (Wildman–Crippen LogP) is 5.57. The normalized spacial score (nSPS) is 22.2. The number of hydrogen-bond donors (Lipinski definition) is 1. The van der Waals surface area contributed by atoms with Crippen LogP contribution in [0.25, 0.3) is 22.6 Å². The number of aryl methyl sites for hydroxylation is 1. The van der Waals surface area contributed by atoms with Crippen LogP contribution in [0.3, 0.4) is 0 Å². The topological polar surface area (TPSA) is 56.9 Å². The van der Waals surface area contributed by atoms with Crippen molar-refractivity contribution >= 4 is 36.4 Å². The Hall–Kier alpha value is -1.83. The number of nitrogens with one attached hydrogen (secondary N) is 1. The number of rotatable bonds is 7. The first kappa shape index (κ1) is 22.0. The second-order valence-electron chi connectivity index (χ2n) is 11.1. The second kappa shape index (κ2) is 7.60. The van der Waals surface area contributed by atoms with Crippen LogP contribution in [-0.4, -0.2) is 41.1 Å². The number of anilines is 1. The molecule has 0 bridgehead atoms. The molecule has 0 spiro atoms. The van der Waals surface area contributed by atoms with Gasteiger partial charge in [0.25, 0.3) is 0 Å². The maximum absolute atomic E-state index is 6.62. The summed E-state index contributed by atoms with van der Waals surface area (Å²) in [6.45, 7) is 10.9. The first-order valence-electron chi connectivity index (χ1n) is 11.6. The maximum atomic E-state index is 6.62. The van der Waals surface area contributed by atoms with E-state index >= 15 is 0 Å². The fourth-order valence-corrected chi connectivity index (χ4v) is 6.18. The summed E-state index contributed by atoms with van der Waals surface area (Å²) in [5.41, 5.74) is 6.90. The fraction of sp³-hybridized carbons (Fsp3) is 0.583. The summed E-state index contributed by atoms with van der Waals surface area (Å²) in [7, 11) is 2.82. The lowest BCUT2D eigenvalue weighted by Crippen LogP contribution is -2.23. The Morgan fingerprint density at radius 2 is 2.09 bits per heavy atom. The number of fused-ring (bicyclic) bond motifs is 3. The molecule has 2 aliphatic carbocycles. The van der Waals surface area contributed by atoms with Gasteiger partial charge >= 0.3 is 0 Å². The minimum absolute atomic E-state index is 0.428. The molecule has 2 heterocycles. The smallest absolute Gasteiger partial charge is 0.161 e. The molecule has 1 fully saturated rings. The summed E-state index contributed by atoms with van der Waals surface area (Å²) >= 11 is 6.62. The summed E-state index contributed by atoms with van der Waals surface area (Å²) in [5, 5.41) is 8.94. The predicted molar refractivity (Wildman–Crippen MR) is 134 cm³/mol. The van der Waals surface area contributed by atoms with Crippen LogP contribution in [0.4, 0.5) is 5.69 Å². The van der Waals surface area contributed by atoms with Gasteiger partial charge in [0.15, 0.2) is 5.82 Å². The minimum Gasteiger partial charge on any atom is -0.388 e. The molecule has 0 aliphatic heterocycles. The Morgan fingerprint density at radius 3 is 2.81 bits per heavy atom. The van der Waals surface area contributed by atoms with Gasteiger partial charge in [-0.05, 0) is 48.8 Å². The first-order chi connectivity index (χ1) is 15.1. The van der Waals surface area contributed by atoms with Crippen LogP contribution in [0.2, 0.25) is 30.7 Å². The number of aromatic nitrogens is 4. The fourth-order valence-electron chi connectivity index (χ4n) is 5.08. The monoisotopic (exact) mass is 471 g/mol. The summed E-state index contributed by atoms with van der Waals surface area (Å²) in [6.07, 6.45) is 3.46. The van der Waals surface area contributed by atoms with Gasteiger partial charge in [0.2, 0.25) is 0 Å². The number of halogens is 1.